The first-order chi connectivity index (χ1) is 12.7. The molecule has 2 aromatic carbocycles. The van der Waals surface area contributed by atoms with Gasteiger partial charge in [0.05, 0.1) is 21.3 Å². The summed E-state index contributed by atoms with van der Waals surface area (Å²) in [6, 6.07) is 13.1. The van der Waals surface area contributed by atoms with Crippen LogP contribution < -0.4 is 14.2 Å². The number of fused-ring (bicyclic) bond motifs is 3. The fourth-order valence-corrected chi connectivity index (χ4v) is 5.09. The van der Waals surface area contributed by atoms with Crippen LogP contribution in [0.3, 0.4) is 0 Å². The summed E-state index contributed by atoms with van der Waals surface area (Å²) in [5.74, 6) is 4.53. The zero-order valence-electron chi connectivity index (χ0n) is 16.0. The van der Waals surface area contributed by atoms with Crippen molar-refractivity contribution in [3.8, 4) is 17.2 Å². The van der Waals surface area contributed by atoms with E-state index in [0.717, 1.165) is 23.7 Å². The molecule has 3 heteroatoms. The maximum absolute atomic E-state index is 5.58. The normalized spacial score (nSPS) is 24.3. The SMILES string of the molecule is COc1ccc([C@@H]2Cc3cc(OC)c(OC)cc3[C@@H]3CCCC[C@H]23)cc1. The monoisotopic (exact) mass is 352 g/mol. The Morgan fingerprint density at radius 3 is 2.15 bits per heavy atom. The highest BCUT2D eigenvalue weighted by atomic mass is 16.5. The molecular weight excluding hydrogens is 324 g/mol. The third-order valence-corrected chi connectivity index (χ3v) is 6.36. The van der Waals surface area contributed by atoms with Crippen LogP contribution in [0.1, 0.15) is 54.2 Å². The molecule has 3 nitrogen and oxygen atoms in total. The first kappa shape index (κ1) is 17.3. The first-order valence-corrected chi connectivity index (χ1v) is 9.64. The Hall–Kier alpha value is -2.16. The topological polar surface area (TPSA) is 27.7 Å². The summed E-state index contributed by atoms with van der Waals surface area (Å²) < 4.78 is 16.5. The van der Waals surface area contributed by atoms with Crippen molar-refractivity contribution in [2.24, 2.45) is 5.92 Å². The third-order valence-electron chi connectivity index (χ3n) is 6.36. The van der Waals surface area contributed by atoms with Crippen molar-refractivity contribution in [1.82, 2.24) is 0 Å². The molecule has 0 N–H and O–H groups in total. The van der Waals surface area contributed by atoms with Crippen LogP contribution in [0.4, 0.5) is 0 Å². The number of hydrogen-bond acceptors (Lipinski definition) is 3. The molecule has 0 spiro atoms. The van der Waals surface area contributed by atoms with E-state index >= 15 is 0 Å². The van der Waals surface area contributed by atoms with Crippen LogP contribution in [0.2, 0.25) is 0 Å². The maximum Gasteiger partial charge on any atom is 0.161 e. The van der Waals surface area contributed by atoms with Crippen LogP contribution in [0.25, 0.3) is 0 Å². The van der Waals surface area contributed by atoms with Crippen molar-refractivity contribution >= 4 is 0 Å². The second-order valence-electron chi connectivity index (χ2n) is 7.54. The summed E-state index contributed by atoms with van der Waals surface area (Å²) in [5, 5.41) is 0. The van der Waals surface area contributed by atoms with Crippen molar-refractivity contribution in [1.29, 1.82) is 0 Å². The lowest BCUT2D eigenvalue weighted by atomic mass is 9.61. The molecule has 1 fully saturated rings. The van der Waals surface area contributed by atoms with Crippen molar-refractivity contribution in [2.75, 3.05) is 21.3 Å². The summed E-state index contributed by atoms with van der Waals surface area (Å²) >= 11 is 0. The molecule has 0 bridgehead atoms. The second kappa shape index (κ2) is 7.22. The standard InChI is InChI=1S/C23H28O3/c1-24-17-10-8-15(9-11-17)20-12-16-13-22(25-2)23(26-3)14-21(16)19-7-5-4-6-18(19)20/h8-11,13-14,18-20H,4-7,12H2,1-3H3/t18-,19+,20-/m0/s1. The maximum atomic E-state index is 5.58. The summed E-state index contributed by atoms with van der Waals surface area (Å²) in [4.78, 5) is 0. The van der Waals surface area contributed by atoms with Crippen LogP contribution in [-0.2, 0) is 6.42 Å². The predicted octanol–water partition coefficient (Wildman–Crippen LogP) is 5.33. The van der Waals surface area contributed by atoms with Gasteiger partial charge in [-0.1, -0.05) is 25.0 Å². The molecule has 138 valence electrons. The minimum atomic E-state index is 0.566. The molecule has 0 unspecified atom stereocenters. The number of benzene rings is 2. The van der Waals surface area contributed by atoms with Crippen LogP contribution >= 0.6 is 0 Å². The van der Waals surface area contributed by atoms with E-state index in [1.165, 1.54) is 42.4 Å². The van der Waals surface area contributed by atoms with E-state index in [9.17, 15) is 0 Å². The van der Waals surface area contributed by atoms with Crippen LogP contribution in [0.15, 0.2) is 36.4 Å². The fraction of sp³-hybridized carbons (Fsp3) is 0.478. The van der Waals surface area contributed by atoms with E-state index in [2.05, 4.69) is 36.4 Å². The molecule has 2 aliphatic rings. The Kier molecular flexibility index (Phi) is 4.80. The van der Waals surface area contributed by atoms with Crippen molar-refractivity contribution < 1.29 is 14.2 Å². The summed E-state index contributed by atoms with van der Waals surface area (Å²) in [6.07, 6.45) is 6.33. The van der Waals surface area contributed by atoms with Crippen molar-refractivity contribution in [3.05, 3.63) is 53.1 Å². The lowest BCUT2D eigenvalue weighted by Crippen LogP contribution is -2.31. The van der Waals surface area contributed by atoms with Gasteiger partial charge in [0.15, 0.2) is 11.5 Å². The highest BCUT2D eigenvalue weighted by molar-refractivity contribution is 5.51. The van der Waals surface area contributed by atoms with E-state index in [1.807, 2.05) is 0 Å². The van der Waals surface area contributed by atoms with E-state index in [1.54, 1.807) is 21.3 Å². The quantitative estimate of drug-likeness (QED) is 0.745. The van der Waals surface area contributed by atoms with E-state index < -0.39 is 0 Å². The number of hydrogen-bond donors (Lipinski definition) is 0. The molecule has 2 aromatic rings. The first-order valence-electron chi connectivity index (χ1n) is 9.64. The molecule has 26 heavy (non-hydrogen) atoms. The molecule has 2 aliphatic carbocycles. The van der Waals surface area contributed by atoms with Gasteiger partial charge >= 0.3 is 0 Å². The van der Waals surface area contributed by atoms with Gasteiger partial charge in [-0.15, -0.1) is 0 Å². The van der Waals surface area contributed by atoms with Crippen LogP contribution in [0, 0.1) is 5.92 Å². The molecule has 0 saturated heterocycles. The molecule has 3 atom stereocenters. The minimum absolute atomic E-state index is 0.566. The smallest absolute Gasteiger partial charge is 0.161 e. The lowest BCUT2D eigenvalue weighted by molar-refractivity contribution is 0.241. The van der Waals surface area contributed by atoms with Crippen LogP contribution in [0.5, 0.6) is 17.2 Å². The summed E-state index contributed by atoms with van der Waals surface area (Å²) in [6.45, 7) is 0. The largest absolute Gasteiger partial charge is 0.497 e. The Balaban J connectivity index is 1.76. The van der Waals surface area contributed by atoms with E-state index in [-0.39, 0.29) is 0 Å². The van der Waals surface area contributed by atoms with Gasteiger partial charge in [-0.25, -0.2) is 0 Å². The molecular formula is C23H28O3. The molecule has 0 heterocycles. The van der Waals surface area contributed by atoms with Gasteiger partial charge in [0.2, 0.25) is 0 Å². The van der Waals surface area contributed by atoms with Gasteiger partial charge in [-0.3, -0.25) is 0 Å². The average Bonchev–Trinajstić information content (AvgIpc) is 2.72. The Bertz CT molecular complexity index is 766. The molecule has 4 rings (SSSR count). The zero-order chi connectivity index (χ0) is 18.1. The number of methoxy groups -OCH3 is 3. The van der Waals surface area contributed by atoms with Crippen molar-refractivity contribution in [3.63, 3.8) is 0 Å². The van der Waals surface area contributed by atoms with Gasteiger partial charge in [0.25, 0.3) is 0 Å². The van der Waals surface area contributed by atoms with E-state index in [4.69, 9.17) is 14.2 Å². The molecule has 0 amide bonds. The van der Waals surface area contributed by atoms with E-state index in [0.29, 0.717) is 17.8 Å². The molecule has 0 aliphatic heterocycles. The highest BCUT2D eigenvalue weighted by Gasteiger charge is 2.39. The summed E-state index contributed by atoms with van der Waals surface area (Å²) in [5.41, 5.74) is 4.34. The fourth-order valence-electron chi connectivity index (χ4n) is 5.09. The Morgan fingerprint density at radius 2 is 1.46 bits per heavy atom. The van der Waals surface area contributed by atoms with Crippen molar-refractivity contribution in [2.45, 2.75) is 43.9 Å². The van der Waals surface area contributed by atoms with Gasteiger partial charge in [0, 0.05) is 0 Å². The second-order valence-corrected chi connectivity index (χ2v) is 7.54. The Morgan fingerprint density at radius 1 is 0.769 bits per heavy atom. The molecule has 0 aromatic heterocycles. The third kappa shape index (κ3) is 2.94. The molecule has 0 radical (unpaired) electrons. The predicted molar refractivity (Wildman–Crippen MR) is 104 cm³/mol. The Labute approximate surface area is 156 Å². The van der Waals surface area contributed by atoms with Crippen LogP contribution in [-0.4, -0.2) is 21.3 Å². The van der Waals surface area contributed by atoms with Gasteiger partial charge < -0.3 is 14.2 Å². The minimum Gasteiger partial charge on any atom is -0.497 e. The highest BCUT2D eigenvalue weighted by Crippen LogP contribution is 2.53. The number of ether oxygens (including phenoxy) is 3. The zero-order valence-corrected chi connectivity index (χ0v) is 16.0. The lowest BCUT2D eigenvalue weighted by Gasteiger charge is -2.43. The van der Waals surface area contributed by atoms with Gasteiger partial charge in [0.1, 0.15) is 5.75 Å². The molecule has 1 saturated carbocycles. The average molecular weight is 352 g/mol. The summed E-state index contributed by atoms with van der Waals surface area (Å²) in [7, 11) is 5.17. The van der Waals surface area contributed by atoms with Gasteiger partial charge in [-0.05, 0) is 78.0 Å². The van der Waals surface area contributed by atoms with Gasteiger partial charge in [-0.2, -0.15) is 0 Å². The number of rotatable bonds is 4.